The number of methoxy groups -OCH3 is 1. The maximum Gasteiger partial charge on any atom is 0.411 e. The van der Waals surface area contributed by atoms with E-state index in [1.807, 2.05) is 0 Å². The maximum absolute atomic E-state index is 13.2. The molecule has 0 saturated heterocycles. The summed E-state index contributed by atoms with van der Waals surface area (Å²) in [7, 11) is 2.29. The molecule has 7 heteroatoms. The van der Waals surface area contributed by atoms with E-state index in [9.17, 15) is 14.1 Å². The second kappa shape index (κ2) is 5.06. The Kier molecular flexibility index (Phi) is 3.76. The Morgan fingerprint density at radius 3 is 2.69 bits per heavy atom. The molecule has 0 fully saturated rings. The predicted molar refractivity (Wildman–Crippen MR) is 52.7 cm³/mol. The van der Waals surface area contributed by atoms with Gasteiger partial charge in [-0.15, -0.1) is 0 Å². The fourth-order valence-electron chi connectivity index (χ4n) is 0.998. The van der Waals surface area contributed by atoms with Crippen LogP contribution in [0.15, 0.2) is 18.2 Å². The predicted octanol–water partition coefficient (Wildman–Crippen LogP) is 1.98. The lowest BCUT2D eigenvalue weighted by Crippen LogP contribution is -2.11. The van der Waals surface area contributed by atoms with Crippen molar-refractivity contribution in [2.24, 2.45) is 0 Å². The lowest BCUT2D eigenvalue weighted by atomic mass is 10.2. The van der Waals surface area contributed by atoms with Crippen molar-refractivity contribution >= 4 is 17.5 Å². The van der Waals surface area contributed by atoms with Gasteiger partial charge in [0.15, 0.2) is 7.11 Å². The quantitative estimate of drug-likeness (QED) is 0.804. The number of hydrogen-bond donors (Lipinski definition) is 1. The average Bonchev–Trinajstić information content (AvgIpc) is 2.30. The van der Waals surface area contributed by atoms with Crippen LogP contribution in [0, 0.1) is 10.7 Å². The van der Waals surface area contributed by atoms with Crippen LogP contribution in [0.2, 0.25) is 0 Å². The van der Waals surface area contributed by atoms with Crippen LogP contribution >= 0.6 is 0 Å². The van der Waals surface area contributed by atoms with Crippen LogP contribution in [0.4, 0.5) is 20.6 Å². The van der Waals surface area contributed by atoms with Gasteiger partial charge in [0.05, 0.1) is 17.7 Å². The zero-order valence-corrected chi connectivity index (χ0v) is 8.69. The molecule has 0 atom stereocenters. The van der Waals surface area contributed by atoms with Crippen molar-refractivity contribution in [1.29, 1.82) is 0 Å². The molecule has 1 aromatic carbocycles. The molecule has 0 unspecified atom stereocenters. The SMILES string of the molecule is COC(=O)Nc1ccc(F)c([N+](=O)OC)c1. The third kappa shape index (κ3) is 2.66. The van der Waals surface area contributed by atoms with E-state index in [-0.39, 0.29) is 16.3 Å². The van der Waals surface area contributed by atoms with Gasteiger partial charge < -0.3 is 4.74 Å². The molecule has 86 valence electrons. The summed E-state index contributed by atoms with van der Waals surface area (Å²) in [5.74, 6) is -0.757. The number of carbonyl (C=O) groups is 1. The number of anilines is 1. The fraction of sp³-hybridized carbons (Fsp3) is 0.222. The van der Waals surface area contributed by atoms with E-state index in [1.54, 1.807) is 0 Å². The number of nitrogens with zero attached hydrogens (tertiary/aromatic N) is 1. The van der Waals surface area contributed by atoms with Gasteiger partial charge in [0, 0.05) is 6.07 Å². The van der Waals surface area contributed by atoms with Crippen LogP contribution in [-0.4, -0.2) is 25.2 Å². The first-order valence-corrected chi connectivity index (χ1v) is 4.24. The first kappa shape index (κ1) is 11.9. The second-order valence-electron chi connectivity index (χ2n) is 2.72. The molecule has 1 rings (SSSR count). The molecule has 1 amide bonds. The number of nitrogens with one attached hydrogen (secondary N) is 1. The molecule has 0 radical (unpaired) electrons. The molecule has 0 aromatic heterocycles. The third-order valence-electron chi connectivity index (χ3n) is 1.74. The van der Waals surface area contributed by atoms with Crippen molar-refractivity contribution in [2.45, 2.75) is 0 Å². The number of ether oxygens (including phenoxy) is 1. The number of benzene rings is 1. The van der Waals surface area contributed by atoms with E-state index >= 15 is 0 Å². The van der Waals surface area contributed by atoms with Crippen molar-refractivity contribution in [3.63, 3.8) is 0 Å². The summed E-state index contributed by atoms with van der Waals surface area (Å²) in [4.78, 5) is 26.2. The van der Waals surface area contributed by atoms with E-state index < -0.39 is 11.9 Å². The molecular formula is C9H10FN2O4+. The molecule has 6 nitrogen and oxygen atoms in total. The maximum atomic E-state index is 13.2. The van der Waals surface area contributed by atoms with E-state index in [2.05, 4.69) is 14.9 Å². The number of carbonyl (C=O) groups excluding carboxylic acids is 1. The van der Waals surface area contributed by atoms with Gasteiger partial charge in [0.1, 0.15) is 0 Å². The third-order valence-corrected chi connectivity index (χ3v) is 1.74. The van der Waals surface area contributed by atoms with Crippen LogP contribution in [0.5, 0.6) is 0 Å². The van der Waals surface area contributed by atoms with Crippen LogP contribution in [0.3, 0.4) is 0 Å². The highest BCUT2D eigenvalue weighted by Gasteiger charge is 2.22. The summed E-state index contributed by atoms with van der Waals surface area (Å²) in [5, 5.41) is 2.29. The van der Waals surface area contributed by atoms with E-state index in [1.165, 1.54) is 13.2 Å². The zero-order valence-electron chi connectivity index (χ0n) is 8.69. The molecule has 0 aliphatic heterocycles. The summed E-state index contributed by atoms with van der Waals surface area (Å²) in [5.41, 5.74) is -0.113. The lowest BCUT2D eigenvalue weighted by Gasteiger charge is -2.02. The van der Waals surface area contributed by atoms with E-state index in [4.69, 9.17) is 0 Å². The molecule has 16 heavy (non-hydrogen) atoms. The Morgan fingerprint density at radius 1 is 1.44 bits per heavy atom. The minimum atomic E-state index is -0.757. The average molecular weight is 229 g/mol. The summed E-state index contributed by atoms with van der Waals surface area (Å²) in [6, 6.07) is 3.45. The van der Waals surface area contributed by atoms with Crippen molar-refractivity contribution in [1.82, 2.24) is 0 Å². The zero-order chi connectivity index (χ0) is 12.1. The first-order chi connectivity index (χ1) is 7.58. The Hall–Kier alpha value is -2.18. The topological polar surface area (TPSA) is 67.6 Å². The Morgan fingerprint density at radius 2 is 2.12 bits per heavy atom. The summed E-state index contributed by atoms with van der Waals surface area (Å²) < 4.78 is 17.5. The molecule has 1 aromatic rings. The van der Waals surface area contributed by atoms with Gasteiger partial charge in [-0.1, -0.05) is 0 Å². The summed E-state index contributed by atoms with van der Waals surface area (Å²) in [6.45, 7) is 0. The monoisotopic (exact) mass is 229 g/mol. The minimum Gasteiger partial charge on any atom is -0.453 e. The fourth-order valence-corrected chi connectivity index (χ4v) is 0.998. The summed E-state index contributed by atoms with van der Waals surface area (Å²) in [6.07, 6.45) is -0.715. The highest BCUT2D eigenvalue weighted by Crippen LogP contribution is 2.22. The molecule has 0 heterocycles. The number of amides is 1. The van der Waals surface area contributed by atoms with Gasteiger partial charge >= 0.3 is 11.8 Å². The Bertz CT molecular complexity index is 422. The highest BCUT2D eigenvalue weighted by atomic mass is 19.1. The Labute approximate surface area is 90.5 Å². The molecular weight excluding hydrogens is 219 g/mol. The van der Waals surface area contributed by atoms with Gasteiger partial charge in [-0.05, 0) is 12.1 Å². The molecule has 1 N–H and O–H groups in total. The molecule has 0 spiro atoms. The van der Waals surface area contributed by atoms with Crippen LogP contribution in [-0.2, 0) is 9.57 Å². The van der Waals surface area contributed by atoms with Crippen molar-refractivity contribution in [2.75, 3.05) is 19.5 Å². The van der Waals surface area contributed by atoms with Gasteiger partial charge in [-0.3, -0.25) is 5.32 Å². The van der Waals surface area contributed by atoms with Crippen LogP contribution in [0.25, 0.3) is 0 Å². The van der Waals surface area contributed by atoms with E-state index in [0.29, 0.717) is 0 Å². The van der Waals surface area contributed by atoms with Crippen molar-refractivity contribution in [3.8, 4) is 0 Å². The standard InChI is InChI=1S/C9H9FN2O4/c1-15-9(13)11-6-3-4-7(10)8(5-6)12(14)16-2/h3-5H,1-2H3/p+1. The van der Waals surface area contributed by atoms with Crippen LogP contribution in [0.1, 0.15) is 0 Å². The van der Waals surface area contributed by atoms with Gasteiger partial charge in [-0.25, -0.2) is 9.63 Å². The first-order valence-electron chi connectivity index (χ1n) is 4.24. The number of halogens is 1. The van der Waals surface area contributed by atoms with Gasteiger partial charge in [0.2, 0.25) is 5.82 Å². The molecule has 0 bridgehead atoms. The minimum absolute atomic E-state index is 0.00219. The van der Waals surface area contributed by atoms with Gasteiger partial charge in [0.25, 0.3) is 4.92 Å². The van der Waals surface area contributed by atoms with E-state index in [0.717, 1.165) is 19.2 Å². The highest BCUT2D eigenvalue weighted by molar-refractivity contribution is 5.84. The molecule has 0 aliphatic carbocycles. The van der Waals surface area contributed by atoms with Crippen molar-refractivity contribution in [3.05, 3.63) is 28.9 Å². The normalized spacial score (nSPS) is 9.44. The number of hydrogen-bond acceptors (Lipinski definition) is 4. The largest absolute Gasteiger partial charge is 0.453 e. The van der Waals surface area contributed by atoms with Gasteiger partial charge in [-0.2, -0.15) is 4.39 Å². The smallest absolute Gasteiger partial charge is 0.411 e. The molecule has 0 aliphatic rings. The lowest BCUT2D eigenvalue weighted by molar-refractivity contribution is -0.737. The number of rotatable bonds is 3. The van der Waals surface area contributed by atoms with Crippen molar-refractivity contribution < 1.29 is 23.7 Å². The Balaban J connectivity index is 2.98. The molecule has 0 saturated carbocycles. The van der Waals surface area contributed by atoms with Crippen LogP contribution < -0.4 is 5.32 Å². The summed E-state index contributed by atoms with van der Waals surface area (Å²) >= 11 is 0. The second-order valence-corrected chi connectivity index (χ2v) is 2.72.